The van der Waals surface area contributed by atoms with Crippen molar-refractivity contribution in [2.45, 2.75) is 83.0 Å². The van der Waals surface area contributed by atoms with Crippen LogP contribution in [0.4, 0.5) is 0 Å². The Bertz CT molecular complexity index is 720. The lowest BCUT2D eigenvalue weighted by molar-refractivity contribution is -0.126. The van der Waals surface area contributed by atoms with Crippen molar-refractivity contribution in [1.82, 2.24) is 21.3 Å². The van der Waals surface area contributed by atoms with Crippen molar-refractivity contribution in [1.29, 1.82) is 0 Å². The summed E-state index contributed by atoms with van der Waals surface area (Å²) in [5, 5.41) is 13.9. The average Bonchev–Trinajstić information content (AvgIpc) is 3.55. The van der Waals surface area contributed by atoms with Gasteiger partial charge in [-0.15, -0.1) is 24.0 Å². The zero-order chi connectivity index (χ0) is 21.6. The molecule has 31 heavy (non-hydrogen) atoms. The molecule has 0 bridgehead atoms. The molecule has 0 aromatic heterocycles. The molecule has 3 unspecified atom stereocenters. The normalized spacial score (nSPS) is 22.8. The van der Waals surface area contributed by atoms with Crippen LogP contribution in [0.2, 0.25) is 0 Å². The van der Waals surface area contributed by atoms with Crippen LogP contribution in [-0.4, -0.2) is 43.1 Å². The molecule has 1 amide bonds. The number of carbonyl (C=O) groups is 1. The van der Waals surface area contributed by atoms with Gasteiger partial charge in [0.05, 0.1) is 0 Å². The summed E-state index contributed by atoms with van der Waals surface area (Å²) in [6, 6.07) is 11.5. The Balaban J connectivity index is 0.00000341. The van der Waals surface area contributed by atoms with Crippen LogP contribution >= 0.6 is 24.0 Å². The predicted octanol–water partition coefficient (Wildman–Crippen LogP) is 3.74. The second kappa shape index (κ2) is 12.0. The van der Waals surface area contributed by atoms with Gasteiger partial charge >= 0.3 is 0 Å². The number of carbonyl (C=O) groups excluding carboxylic acids is 1. The summed E-state index contributed by atoms with van der Waals surface area (Å²) in [5.41, 5.74) is 1.18. The number of rotatable bonds is 8. The molecule has 1 aromatic carbocycles. The van der Waals surface area contributed by atoms with Crippen molar-refractivity contribution >= 4 is 35.8 Å². The largest absolute Gasteiger partial charge is 0.355 e. The third-order valence-corrected chi connectivity index (χ3v) is 6.14. The molecule has 2 aliphatic rings. The number of halogens is 1. The number of nitrogens with zero attached hydrogens (tertiary/aromatic N) is 1. The van der Waals surface area contributed by atoms with E-state index < -0.39 is 0 Å². The summed E-state index contributed by atoms with van der Waals surface area (Å²) in [4.78, 5) is 16.9. The van der Waals surface area contributed by atoms with Crippen LogP contribution in [-0.2, 0) is 4.79 Å². The molecule has 0 radical (unpaired) electrons. The fraction of sp³-hybridized carbons (Fsp3) is 0.667. The van der Waals surface area contributed by atoms with E-state index in [9.17, 15) is 4.79 Å². The summed E-state index contributed by atoms with van der Waals surface area (Å²) in [6.45, 7) is 7.35. The van der Waals surface area contributed by atoms with Crippen LogP contribution in [0.5, 0.6) is 0 Å². The van der Waals surface area contributed by atoms with Gasteiger partial charge in [-0.3, -0.25) is 9.79 Å². The van der Waals surface area contributed by atoms with E-state index in [2.05, 4.69) is 71.3 Å². The van der Waals surface area contributed by atoms with Gasteiger partial charge in [-0.2, -0.15) is 0 Å². The van der Waals surface area contributed by atoms with Crippen LogP contribution < -0.4 is 21.3 Å². The summed E-state index contributed by atoms with van der Waals surface area (Å²) in [7, 11) is 1.81. The predicted molar refractivity (Wildman–Crippen MR) is 139 cm³/mol. The molecule has 2 saturated carbocycles. The van der Waals surface area contributed by atoms with E-state index in [1.807, 2.05) is 13.1 Å². The maximum absolute atomic E-state index is 12.4. The van der Waals surface area contributed by atoms with Gasteiger partial charge in [0, 0.05) is 43.2 Å². The second-order valence-corrected chi connectivity index (χ2v) is 9.57. The highest BCUT2D eigenvalue weighted by atomic mass is 127. The van der Waals surface area contributed by atoms with E-state index in [0.29, 0.717) is 12.1 Å². The third-order valence-electron chi connectivity index (χ3n) is 6.14. The Labute approximate surface area is 204 Å². The molecule has 2 fully saturated rings. The first-order valence-corrected chi connectivity index (χ1v) is 11.5. The molecule has 0 spiro atoms. The Morgan fingerprint density at radius 1 is 1.10 bits per heavy atom. The molecule has 0 saturated heterocycles. The first-order valence-electron chi connectivity index (χ1n) is 11.5. The number of amides is 1. The minimum atomic E-state index is -0.105. The molecule has 1 aromatic rings. The lowest BCUT2D eigenvalue weighted by Crippen LogP contribution is -2.54. The maximum Gasteiger partial charge on any atom is 0.223 e. The van der Waals surface area contributed by atoms with Crippen LogP contribution in [0, 0.1) is 5.92 Å². The van der Waals surface area contributed by atoms with Gasteiger partial charge in [0.1, 0.15) is 0 Å². The third kappa shape index (κ3) is 8.60. The molecule has 3 atom stereocenters. The summed E-state index contributed by atoms with van der Waals surface area (Å²) in [6.07, 6.45) is 6.33. The van der Waals surface area contributed by atoms with Crippen LogP contribution in [0.1, 0.15) is 70.9 Å². The van der Waals surface area contributed by atoms with Gasteiger partial charge in [0.25, 0.3) is 0 Å². The van der Waals surface area contributed by atoms with E-state index in [1.165, 1.54) is 5.56 Å². The van der Waals surface area contributed by atoms with E-state index in [1.54, 1.807) is 0 Å². The van der Waals surface area contributed by atoms with Crippen molar-refractivity contribution in [3.05, 3.63) is 35.9 Å². The fourth-order valence-corrected chi connectivity index (χ4v) is 4.26. The van der Waals surface area contributed by atoms with Crippen molar-refractivity contribution in [3.63, 3.8) is 0 Å². The van der Waals surface area contributed by atoms with Crippen LogP contribution in [0.25, 0.3) is 0 Å². The van der Waals surface area contributed by atoms with Gasteiger partial charge in [-0.25, -0.2) is 0 Å². The van der Waals surface area contributed by atoms with E-state index >= 15 is 0 Å². The number of nitrogens with one attached hydrogen (secondary N) is 4. The Hall–Kier alpha value is -1.35. The minimum absolute atomic E-state index is 0. The Morgan fingerprint density at radius 3 is 2.45 bits per heavy atom. The molecule has 6 nitrogen and oxygen atoms in total. The highest BCUT2D eigenvalue weighted by Gasteiger charge is 2.31. The number of guanidine groups is 1. The monoisotopic (exact) mass is 541 g/mol. The van der Waals surface area contributed by atoms with Crippen molar-refractivity contribution < 1.29 is 4.79 Å². The van der Waals surface area contributed by atoms with Gasteiger partial charge in [0.2, 0.25) is 5.91 Å². The quantitative estimate of drug-likeness (QED) is 0.230. The van der Waals surface area contributed by atoms with E-state index in [-0.39, 0.29) is 47.4 Å². The average molecular weight is 542 g/mol. The zero-order valence-corrected chi connectivity index (χ0v) is 21.7. The summed E-state index contributed by atoms with van der Waals surface area (Å²) in [5.74, 6) is 1.18. The lowest BCUT2D eigenvalue weighted by atomic mass is 9.85. The number of aliphatic imine (C=N–C) groups is 1. The molecule has 7 heteroatoms. The SMILES string of the molecule is CN=C(NCC(C)(C)NC(C)c1ccccc1)NC1CCCC(C(=O)NC2CC2)C1.I. The Kier molecular flexibility index (Phi) is 10.1. The van der Waals surface area contributed by atoms with Gasteiger partial charge in [-0.05, 0) is 58.4 Å². The molecule has 0 heterocycles. The molecule has 174 valence electrons. The number of hydrogen-bond donors (Lipinski definition) is 4. The summed E-state index contributed by atoms with van der Waals surface area (Å²) < 4.78 is 0. The summed E-state index contributed by atoms with van der Waals surface area (Å²) >= 11 is 0. The fourth-order valence-electron chi connectivity index (χ4n) is 4.26. The topological polar surface area (TPSA) is 77.6 Å². The Morgan fingerprint density at radius 2 is 1.81 bits per heavy atom. The zero-order valence-electron chi connectivity index (χ0n) is 19.4. The van der Waals surface area contributed by atoms with Crippen LogP contribution in [0.15, 0.2) is 35.3 Å². The molecule has 2 aliphatic carbocycles. The molecular formula is C24H40IN5O. The lowest BCUT2D eigenvalue weighted by Gasteiger charge is -2.33. The standard InChI is InChI=1S/C24H39N5O.HI/c1-17(18-9-6-5-7-10-18)29-24(2,3)16-26-23(25-4)28-21-12-8-11-19(15-21)22(30)27-20-13-14-20;/h5-7,9-10,17,19-21,29H,8,11-16H2,1-4H3,(H,27,30)(H2,25,26,28);1H. The first kappa shape index (κ1) is 25.9. The minimum Gasteiger partial charge on any atom is -0.355 e. The number of hydrogen-bond acceptors (Lipinski definition) is 3. The van der Waals surface area contributed by atoms with Crippen LogP contribution in [0.3, 0.4) is 0 Å². The second-order valence-electron chi connectivity index (χ2n) is 9.57. The highest BCUT2D eigenvalue weighted by Crippen LogP contribution is 2.26. The molecule has 4 N–H and O–H groups in total. The molecular weight excluding hydrogens is 501 g/mol. The van der Waals surface area contributed by atoms with Crippen molar-refractivity contribution in [2.24, 2.45) is 10.9 Å². The number of benzene rings is 1. The van der Waals surface area contributed by atoms with Gasteiger partial charge in [0.15, 0.2) is 5.96 Å². The van der Waals surface area contributed by atoms with Crippen molar-refractivity contribution in [2.75, 3.05) is 13.6 Å². The smallest absolute Gasteiger partial charge is 0.223 e. The highest BCUT2D eigenvalue weighted by molar-refractivity contribution is 14.0. The first-order chi connectivity index (χ1) is 14.4. The van der Waals surface area contributed by atoms with E-state index in [0.717, 1.165) is 51.0 Å². The van der Waals surface area contributed by atoms with E-state index in [4.69, 9.17) is 0 Å². The maximum atomic E-state index is 12.4. The molecule has 3 rings (SSSR count). The molecule has 0 aliphatic heterocycles. The van der Waals surface area contributed by atoms with Gasteiger partial charge in [-0.1, -0.05) is 36.8 Å². The van der Waals surface area contributed by atoms with Gasteiger partial charge < -0.3 is 21.3 Å². The van der Waals surface area contributed by atoms with Crippen molar-refractivity contribution in [3.8, 4) is 0 Å².